The monoisotopic (exact) mass is 536 g/mol. The molecule has 0 unspecified atom stereocenters. The molecule has 2 rings (SSSR count). The van der Waals surface area contributed by atoms with Crippen LogP contribution in [0.2, 0.25) is 36.3 Å². The molecule has 9 heteroatoms. The molecule has 0 bridgehead atoms. The van der Waals surface area contributed by atoms with Crippen LogP contribution in [0, 0.1) is 5.92 Å². The molecule has 7 nitrogen and oxygen atoms in total. The number of nitrogens with zero attached hydrogens (tertiary/aromatic N) is 1. The molecule has 1 N–H and O–H groups in total. The van der Waals surface area contributed by atoms with Crippen LogP contribution in [-0.4, -0.2) is 65.9 Å². The molecule has 0 aliphatic carbocycles. The lowest BCUT2D eigenvalue weighted by molar-refractivity contribution is -0.129. The van der Waals surface area contributed by atoms with Gasteiger partial charge in [-0.15, -0.1) is 0 Å². The maximum absolute atomic E-state index is 13.0. The first kappa shape index (κ1) is 30.5. The molecule has 2 amide bonds. The highest BCUT2D eigenvalue weighted by Gasteiger charge is 2.45. The largest absolute Gasteiger partial charge is 0.445 e. The Morgan fingerprint density at radius 3 is 2.08 bits per heavy atom. The van der Waals surface area contributed by atoms with Gasteiger partial charge in [0, 0.05) is 25.6 Å². The molecule has 2 atom stereocenters. The van der Waals surface area contributed by atoms with E-state index < -0.39 is 22.7 Å². The van der Waals surface area contributed by atoms with Crippen molar-refractivity contribution in [2.45, 2.75) is 90.5 Å². The summed E-state index contributed by atoms with van der Waals surface area (Å²) in [6.45, 7) is 24.1. The van der Waals surface area contributed by atoms with Crippen LogP contribution in [0.4, 0.5) is 4.79 Å². The normalized spacial score (nSPS) is 19.3. The van der Waals surface area contributed by atoms with Crippen LogP contribution in [0.15, 0.2) is 30.3 Å². The number of nitrogens with one attached hydrogen (secondary N) is 1. The van der Waals surface area contributed by atoms with E-state index in [1.165, 1.54) is 0 Å². The van der Waals surface area contributed by atoms with Crippen LogP contribution in [0.3, 0.4) is 0 Å². The van der Waals surface area contributed by atoms with Crippen LogP contribution in [0.25, 0.3) is 0 Å². The Labute approximate surface area is 220 Å². The molecule has 0 saturated carbocycles. The molecule has 204 valence electrons. The molecule has 1 aliphatic heterocycles. The fraction of sp³-hybridized carbons (Fsp3) is 0.704. The Morgan fingerprint density at radius 1 is 0.944 bits per heavy atom. The highest BCUT2D eigenvalue weighted by molar-refractivity contribution is 6.74. The first-order valence-corrected chi connectivity index (χ1v) is 18.8. The molecular weight excluding hydrogens is 488 g/mol. The number of amides is 2. The zero-order valence-electron chi connectivity index (χ0n) is 24.1. The summed E-state index contributed by atoms with van der Waals surface area (Å²) in [4.78, 5) is 26.9. The Bertz CT molecular complexity index is 878. The lowest BCUT2D eigenvalue weighted by atomic mass is 10.1. The molecule has 1 aromatic rings. The summed E-state index contributed by atoms with van der Waals surface area (Å²) in [7, 11) is -3.97. The van der Waals surface area contributed by atoms with Gasteiger partial charge in [-0.3, -0.25) is 4.79 Å². The Balaban J connectivity index is 2.00. The SMILES string of the molecule is CC(C)(C)[Si](C)(C)OC[C@@H]1CN(C(=O)CNC(=O)OCc2ccccc2)C[C@@H]1O[Si](C)(C)C(C)(C)C. The van der Waals surface area contributed by atoms with Crippen molar-refractivity contribution in [3.05, 3.63) is 35.9 Å². The molecular formula is C27H48N2O5Si2. The number of benzene rings is 1. The second-order valence-electron chi connectivity index (χ2n) is 13.0. The van der Waals surface area contributed by atoms with E-state index in [1.54, 1.807) is 4.90 Å². The third-order valence-electron chi connectivity index (χ3n) is 8.05. The Kier molecular flexibility index (Phi) is 10.0. The first-order chi connectivity index (χ1) is 16.4. The average Bonchev–Trinajstić information content (AvgIpc) is 3.16. The number of hydrogen-bond acceptors (Lipinski definition) is 5. The summed E-state index contributed by atoms with van der Waals surface area (Å²) in [5.41, 5.74) is 0.897. The highest BCUT2D eigenvalue weighted by Crippen LogP contribution is 2.40. The van der Waals surface area contributed by atoms with Gasteiger partial charge in [-0.2, -0.15) is 0 Å². The minimum Gasteiger partial charge on any atom is -0.445 e. The topological polar surface area (TPSA) is 77.1 Å². The molecule has 36 heavy (non-hydrogen) atoms. The van der Waals surface area contributed by atoms with Gasteiger partial charge in [-0.25, -0.2) is 4.79 Å². The molecule has 1 fully saturated rings. The second-order valence-corrected chi connectivity index (χ2v) is 22.5. The van der Waals surface area contributed by atoms with Crippen LogP contribution in [0.5, 0.6) is 0 Å². The predicted molar refractivity (Wildman–Crippen MR) is 150 cm³/mol. The van der Waals surface area contributed by atoms with Crippen molar-refractivity contribution in [2.24, 2.45) is 5.92 Å². The predicted octanol–water partition coefficient (Wildman–Crippen LogP) is 5.78. The van der Waals surface area contributed by atoms with E-state index in [9.17, 15) is 9.59 Å². The lowest BCUT2D eigenvalue weighted by Gasteiger charge is -2.40. The molecule has 1 saturated heterocycles. The summed E-state index contributed by atoms with van der Waals surface area (Å²) in [5, 5.41) is 2.78. The minimum absolute atomic E-state index is 0.0688. The van der Waals surface area contributed by atoms with Crippen LogP contribution >= 0.6 is 0 Å². The molecule has 1 aromatic carbocycles. The first-order valence-electron chi connectivity index (χ1n) is 13.0. The second kappa shape index (κ2) is 11.8. The lowest BCUT2D eigenvalue weighted by Crippen LogP contribution is -2.48. The highest BCUT2D eigenvalue weighted by atomic mass is 28.4. The molecule has 1 aliphatic rings. The maximum Gasteiger partial charge on any atom is 0.407 e. The molecule has 0 radical (unpaired) electrons. The quantitative estimate of drug-likeness (QED) is 0.405. The van der Waals surface area contributed by atoms with Gasteiger partial charge in [0.25, 0.3) is 0 Å². The smallest absolute Gasteiger partial charge is 0.407 e. The van der Waals surface area contributed by atoms with Gasteiger partial charge in [0.15, 0.2) is 16.6 Å². The fourth-order valence-corrected chi connectivity index (χ4v) is 5.90. The third kappa shape index (κ3) is 8.43. The van der Waals surface area contributed by atoms with Crippen LogP contribution < -0.4 is 5.32 Å². The molecule has 0 spiro atoms. The van der Waals surface area contributed by atoms with E-state index in [0.29, 0.717) is 19.7 Å². The van der Waals surface area contributed by atoms with Crippen molar-refractivity contribution in [1.82, 2.24) is 10.2 Å². The van der Waals surface area contributed by atoms with E-state index in [-0.39, 0.29) is 41.2 Å². The van der Waals surface area contributed by atoms with Crippen molar-refractivity contribution in [3.63, 3.8) is 0 Å². The Hall–Kier alpha value is -1.69. The zero-order chi connectivity index (χ0) is 27.4. The van der Waals surface area contributed by atoms with Crippen molar-refractivity contribution in [1.29, 1.82) is 0 Å². The summed E-state index contributed by atoms with van der Waals surface area (Å²) < 4.78 is 18.6. The van der Waals surface area contributed by atoms with Crippen molar-refractivity contribution >= 4 is 28.6 Å². The molecule has 1 heterocycles. The van der Waals surface area contributed by atoms with Gasteiger partial charge in [-0.1, -0.05) is 71.9 Å². The van der Waals surface area contributed by atoms with Gasteiger partial charge in [0.1, 0.15) is 13.2 Å². The van der Waals surface area contributed by atoms with Gasteiger partial charge in [-0.05, 0) is 41.8 Å². The summed E-state index contributed by atoms with van der Waals surface area (Å²) in [6.07, 6.45) is -0.678. The third-order valence-corrected chi connectivity index (χ3v) is 17.1. The number of likely N-dealkylation sites (tertiary alicyclic amines) is 1. The number of rotatable bonds is 9. The van der Waals surface area contributed by atoms with Gasteiger partial charge >= 0.3 is 6.09 Å². The van der Waals surface area contributed by atoms with E-state index >= 15 is 0 Å². The molecule has 0 aromatic heterocycles. The number of carbonyl (C=O) groups excluding carboxylic acids is 2. The number of hydrogen-bond donors (Lipinski definition) is 1. The van der Waals surface area contributed by atoms with Crippen LogP contribution in [0.1, 0.15) is 47.1 Å². The van der Waals surface area contributed by atoms with E-state index in [2.05, 4.69) is 73.0 Å². The van der Waals surface area contributed by atoms with E-state index in [4.69, 9.17) is 13.6 Å². The van der Waals surface area contributed by atoms with Gasteiger partial charge in [0.2, 0.25) is 5.91 Å². The fourth-order valence-electron chi connectivity index (χ4n) is 3.46. The summed E-state index contributed by atoms with van der Waals surface area (Å²) in [5.74, 6) is -0.0347. The van der Waals surface area contributed by atoms with Crippen molar-refractivity contribution in [3.8, 4) is 0 Å². The van der Waals surface area contributed by atoms with Crippen LogP contribution in [-0.2, 0) is 25.0 Å². The Morgan fingerprint density at radius 2 is 1.53 bits per heavy atom. The van der Waals surface area contributed by atoms with Crippen molar-refractivity contribution < 1.29 is 23.2 Å². The van der Waals surface area contributed by atoms with Gasteiger partial charge in [0.05, 0.1) is 6.10 Å². The van der Waals surface area contributed by atoms with Crippen molar-refractivity contribution in [2.75, 3.05) is 26.2 Å². The number of ether oxygens (including phenoxy) is 1. The maximum atomic E-state index is 13.0. The zero-order valence-corrected chi connectivity index (χ0v) is 26.1. The number of carbonyl (C=O) groups is 2. The van der Waals surface area contributed by atoms with E-state index in [1.807, 2.05) is 30.3 Å². The van der Waals surface area contributed by atoms with Gasteiger partial charge < -0.3 is 23.8 Å². The standard InChI is InChI=1S/C27H48N2O5Si2/c1-26(2,3)35(7,8)33-20-22-17-29(18-23(22)34-36(9,10)27(4,5)6)24(30)16-28-25(31)32-19-21-14-12-11-13-15-21/h11-15,22-23H,16-20H2,1-10H3,(H,28,31)/t22-,23-/m0/s1. The minimum atomic E-state index is -2.04. The summed E-state index contributed by atoms with van der Waals surface area (Å²) >= 11 is 0. The van der Waals surface area contributed by atoms with E-state index in [0.717, 1.165) is 5.56 Å². The average molecular weight is 537 g/mol. The summed E-state index contributed by atoms with van der Waals surface area (Å²) in [6, 6.07) is 9.46. The number of alkyl carbamates (subject to hydrolysis) is 1.